The van der Waals surface area contributed by atoms with Crippen LogP contribution in [-0.2, 0) is 4.74 Å². The van der Waals surface area contributed by atoms with E-state index in [1.165, 1.54) is 13.2 Å². The zero-order valence-electron chi connectivity index (χ0n) is 14.9. The van der Waals surface area contributed by atoms with Crippen LogP contribution in [0.1, 0.15) is 0 Å². The molecule has 1 atom stereocenters. The molecule has 2 N–H and O–H groups in total. The Morgan fingerprint density at radius 2 is 2.19 bits per heavy atom. The highest BCUT2D eigenvalue weighted by Gasteiger charge is 2.16. The molecule has 8 heteroatoms. The van der Waals surface area contributed by atoms with Crippen molar-refractivity contribution >= 4 is 16.9 Å². The number of nitrogens with one attached hydrogen (secondary N) is 2. The molecule has 0 bridgehead atoms. The number of aromatic nitrogens is 3. The predicted molar refractivity (Wildman–Crippen MR) is 100 cm³/mol. The van der Waals surface area contributed by atoms with Gasteiger partial charge in [0.05, 0.1) is 31.0 Å². The Labute approximate surface area is 156 Å². The van der Waals surface area contributed by atoms with Gasteiger partial charge < -0.3 is 20.1 Å². The molecule has 140 valence electrons. The number of methoxy groups -OCH3 is 1. The van der Waals surface area contributed by atoms with E-state index in [4.69, 9.17) is 9.47 Å². The minimum Gasteiger partial charge on any atom is -0.494 e. The Hall–Kier alpha value is -2.84. The number of nitrogens with zero attached hydrogens (tertiary/aromatic N) is 3. The van der Waals surface area contributed by atoms with E-state index in [1.54, 1.807) is 30.6 Å². The molecule has 3 heterocycles. The molecular formula is C19H20FN5O2. The minimum absolute atomic E-state index is 0.0503. The van der Waals surface area contributed by atoms with Gasteiger partial charge in [0.25, 0.3) is 0 Å². The van der Waals surface area contributed by atoms with Crippen molar-refractivity contribution in [3.05, 3.63) is 42.5 Å². The highest BCUT2D eigenvalue weighted by molar-refractivity contribution is 5.88. The molecule has 1 aliphatic rings. The highest BCUT2D eigenvalue weighted by Crippen LogP contribution is 2.28. The molecule has 7 nitrogen and oxygen atoms in total. The summed E-state index contributed by atoms with van der Waals surface area (Å²) in [7, 11) is 1.44. The van der Waals surface area contributed by atoms with E-state index in [-0.39, 0.29) is 11.9 Å². The number of hydrogen-bond acceptors (Lipinski definition) is 7. The fraction of sp³-hybridized carbons (Fsp3) is 0.316. The predicted octanol–water partition coefficient (Wildman–Crippen LogP) is 2.24. The van der Waals surface area contributed by atoms with Crippen LogP contribution in [0.3, 0.4) is 0 Å². The molecule has 0 saturated carbocycles. The Kier molecular flexibility index (Phi) is 5.08. The standard InChI is InChI=1S/C19H20FN5O2/c1-26-17-3-2-12(8-14(17)20)15-9-16-18(23-5-4-22-16)19(25-15)24-11-13-10-21-6-7-27-13/h2-5,8-9,13,21H,6-7,10-11H2,1H3,(H,24,25)/t13-/m0/s1. The SMILES string of the molecule is COc1ccc(-c2cc3nccnc3c(NC[C@@H]3CNCCO3)n2)cc1F. The smallest absolute Gasteiger partial charge is 0.165 e. The summed E-state index contributed by atoms with van der Waals surface area (Å²) in [4.78, 5) is 13.4. The molecule has 3 aromatic rings. The van der Waals surface area contributed by atoms with Gasteiger partial charge in [0.1, 0.15) is 5.52 Å². The third kappa shape index (κ3) is 3.81. The molecule has 0 radical (unpaired) electrons. The first-order chi connectivity index (χ1) is 13.2. The van der Waals surface area contributed by atoms with Gasteiger partial charge in [-0.1, -0.05) is 0 Å². The van der Waals surface area contributed by atoms with E-state index in [0.717, 1.165) is 13.1 Å². The second kappa shape index (κ2) is 7.81. The second-order valence-electron chi connectivity index (χ2n) is 6.21. The van der Waals surface area contributed by atoms with Crippen molar-refractivity contribution < 1.29 is 13.9 Å². The molecule has 2 aromatic heterocycles. The number of fused-ring (bicyclic) bond motifs is 1. The third-order valence-corrected chi connectivity index (χ3v) is 4.41. The molecule has 1 fully saturated rings. The lowest BCUT2D eigenvalue weighted by Crippen LogP contribution is -2.42. The summed E-state index contributed by atoms with van der Waals surface area (Å²) in [6.45, 7) is 2.92. The van der Waals surface area contributed by atoms with Crippen LogP contribution in [0.15, 0.2) is 36.7 Å². The average molecular weight is 369 g/mol. The number of anilines is 1. The van der Waals surface area contributed by atoms with Gasteiger partial charge in [0.2, 0.25) is 0 Å². The van der Waals surface area contributed by atoms with Crippen LogP contribution in [0.2, 0.25) is 0 Å². The van der Waals surface area contributed by atoms with Crippen LogP contribution >= 0.6 is 0 Å². The van der Waals surface area contributed by atoms with Crippen LogP contribution in [0, 0.1) is 5.82 Å². The van der Waals surface area contributed by atoms with Gasteiger partial charge in [-0.3, -0.25) is 4.98 Å². The first kappa shape index (κ1) is 17.6. The van der Waals surface area contributed by atoms with Crippen molar-refractivity contribution in [3.63, 3.8) is 0 Å². The van der Waals surface area contributed by atoms with E-state index in [1.807, 2.05) is 0 Å². The number of pyridine rings is 1. The molecular weight excluding hydrogens is 349 g/mol. The first-order valence-corrected chi connectivity index (χ1v) is 8.76. The van der Waals surface area contributed by atoms with Gasteiger partial charge in [0, 0.05) is 37.6 Å². The fourth-order valence-electron chi connectivity index (χ4n) is 3.03. The summed E-state index contributed by atoms with van der Waals surface area (Å²) in [5, 5.41) is 6.60. The van der Waals surface area contributed by atoms with E-state index >= 15 is 0 Å². The summed E-state index contributed by atoms with van der Waals surface area (Å²) < 4.78 is 24.8. The van der Waals surface area contributed by atoms with E-state index < -0.39 is 5.82 Å². The maximum atomic E-state index is 14.1. The third-order valence-electron chi connectivity index (χ3n) is 4.41. The van der Waals surface area contributed by atoms with Crippen molar-refractivity contribution in [2.45, 2.75) is 6.10 Å². The Morgan fingerprint density at radius 1 is 1.30 bits per heavy atom. The topological polar surface area (TPSA) is 81.2 Å². The number of halogens is 1. The molecule has 0 spiro atoms. The van der Waals surface area contributed by atoms with Gasteiger partial charge in [-0.05, 0) is 24.3 Å². The zero-order valence-corrected chi connectivity index (χ0v) is 14.9. The monoisotopic (exact) mass is 369 g/mol. The van der Waals surface area contributed by atoms with Gasteiger partial charge in [-0.25, -0.2) is 14.4 Å². The van der Waals surface area contributed by atoms with Crippen molar-refractivity contribution in [2.75, 3.05) is 38.7 Å². The molecule has 1 aromatic carbocycles. The van der Waals surface area contributed by atoms with Crippen LogP contribution < -0.4 is 15.4 Å². The summed E-state index contributed by atoms with van der Waals surface area (Å²) in [6.07, 6.45) is 3.30. The van der Waals surface area contributed by atoms with Crippen LogP contribution in [0.25, 0.3) is 22.3 Å². The summed E-state index contributed by atoms with van der Waals surface area (Å²) in [6, 6.07) is 6.56. The summed E-state index contributed by atoms with van der Waals surface area (Å²) in [5.74, 6) is 0.354. The Morgan fingerprint density at radius 3 is 2.96 bits per heavy atom. The molecule has 0 amide bonds. The first-order valence-electron chi connectivity index (χ1n) is 8.76. The second-order valence-corrected chi connectivity index (χ2v) is 6.21. The van der Waals surface area contributed by atoms with Crippen LogP contribution in [-0.4, -0.2) is 54.4 Å². The lowest BCUT2D eigenvalue weighted by atomic mass is 10.1. The maximum absolute atomic E-state index is 14.1. The normalized spacial score (nSPS) is 17.0. The lowest BCUT2D eigenvalue weighted by molar-refractivity contribution is 0.0372. The summed E-state index contributed by atoms with van der Waals surface area (Å²) in [5.41, 5.74) is 2.59. The van der Waals surface area contributed by atoms with Crippen molar-refractivity contribution in [1.82, 2.24) is 20.3 Å². The van der Waals surface area contributed by atoms with Gasteiger partial charge in [-0.15, -0.1) is 0 Å². The fourth-order valence-corrected chi connectivity index (χ4v) is 3.03. The highest BCUT2D eigenvalue weighted by atomic mass is 19.1. The zero-order chi connectivity index (χ0) is 18.6. The van der Waals surface area contributed by atoms with E-state index in [9.17, 15) is 4.39 Å². The van der Waals surface area contributed by atoms with E-state index in [0.29, 0.717) is 41.3 Å². The van der Waals surface area contributed by atoms with E-state index in [2.05, 4.69) is 25.6 Å². The minimum atomic E-state index is -0.438. The van der Waals surface area contributed by atoms with Crippen molar-refractivity contribution in [2.24, 2.45) is 0 Å². The van der Waals surface area contributed by atoms with Gasteiger partial charge >= 0.3 is 0 Å². The lowest BCUT2D eigenvalue weighted by Gasteiger charge is -2.24. The molecule has 27 heavy (non-hydrogen) atoms. The maximum Gasteiger partial charge on any atom is 0.165 e. The number of rotatable bonds is 5. The molecule has 1 saturated heterocycles. The van der Waals surface area contributed by atoms with Crippen molar-refractivity contribution in [1.29, 1.82) is 0 Å². The number of morpholine rings is 1. The van der Waals surface area contributed by atoms with Gasteiger partial charge in [-0.2, -0.15) is 0 Å². The molecule has 0 aliphatic carbocycles. The number of benzene rings is 1. The largest absolute Gasteiger partial charge is 0.494 e. The van der Waals surface area contributed by atoms with Crippen LogP contribution in [0.5, 0.6) is 5.75 Å². The number of hydrogen-bond donors (Lipinski definition) is 2. The average Bonchev–Trinajstić information content (AvgIpc) is 2.72. The summed E-state index contributed by atoms with van der Waals surface area (Å²) >= 11 is 0. The Balaban J connectivity index is 1.68. The Bertz CT molecular complexity index is 947. The van der Waals surface area contributed by atoms with Crippen LogP contribution in [0.4, 0.5) is 10.2 Å². The molecule has 1 aliphatic heterocycles. The quantitative estimate of drug-likeness (QED) is 0.714. The van der Waals surface area contributed by atoms with Gasteiger partial charge in [0.15, 0.2) is 17.4 Å². The van der Waals surface area contributed by atoms with Crippen molar-refractivity contribution in [3.8, 4) is 17.0 Å². The molecule has 4 rings (SSSR count). The molecule has 0 unspecified atom stereocenters. The number of ether oxygens (including phenoxy) is 2.